The molecule has 0 saturated carbocycles. The Bertz CT molecular complexity index is 811. The number of carbonyl (C=O) groups is 1. The first-order chi connectivity index (χ1) is 13.7. The van der Waals surface area contributed by atoms with Crippen LogP contribution in [0.1, 0.15) is 0 Å². The molecule has 3 rings (SSSR count). The van der Waals surface area contributed by atoms with Crippen LogP contribution in [0.25, 0.3) is 11.4 Å². The van der Waals surface area contributed by atoms with Gasteiger partial charge in [0.15, 0.2) is 11.0 Å². The Morgan fingerprint density at radius 3 is 2.50 bits per heavy atom. The molecule has 0 bridgehead atoms. The molecular weight excluding hydrogens is 380 g/mol. The lowest BCUT2D eigenvalue weighted by atomic mass is 10.2. The lowest BCUT2D eigenvalue weighted by Crippen LogP contribution is -2.41. The van der Waals surface area contributed by atoms with Gasteiger partial charge in [0.1, 0.15) is 11.5 Å². The third-order valence-electron chi connectivity index (χ3n) is 4.33. The van der Waals surface area contributed by atoms with Crippen LogP contribution in [0, 0.1) is 0 Å². The number of benzene rings is 1. The van der Waals surface area contributed by atoms with Crippen molar-refractivity contribution in [2.45, 2.75) is 11.7 Å². The number of amides is 1. The van der Waals surface area contributed by atoms with E-state index in [1.807, 2.05) is 21.6 Å². The van der Waals surface area contributed by atoms with Gasteiger partial charge in [-0.15, -0.1) is 16.8 Å². The van der Waals surface area contributed by atoms with Gasteiger partial charge in [-0.25, -0.2) is 0 Å². The van der Waals surface area contributed by atoms with E-state index in [1.165, 1.54) is 11.8 Å². The van der Waals surface area contributed by atoms with Crippen LogP contribution in [0.5, 0.6) is 11.5 Å². The van der Waals surface area contributed by atoms with Gasteiger partial charge in [-0.2, -0.15) is 0 Å². The van der Waals surface area contributed by atoms with Gasteiger partial charge in [0, 0.05) is 31.3 Å². The third kappa shape index (κ3) is 4.66. The number of ether oxygens (including phenoxy) is 3. The Morgan fingerprint density at radius 2 is 1.89 bits per heavy atom. The Morgan fingerprint density at radius 1 is 1.21 bits per heavy atom. The number of nitrogens with zero attached hydrogens (tertiary/aromatic N) is 4. The molecule has 1 aromatic carbocycles. The van der Waals surface area contributed by atoms with E-state index < -0.39 is 0 Å². The van der Waals surface area contributed by atoms with Crippen molar-refractivity contribution < 1.29 is 19.0 Å². The molecule has 2 aromatic rings. The van der Waals surface area contributed by atoms with Crippen LogP contribution < -0.4 is 9.47 Å². The molecule has 1 amide bonds. The number of allylic oxidation sites excluding steroid dienone is 1. The van der Waals surface area contributed by atoms with Crippen LogP contribution in [-0.4, -0.2) is 71.8 Å². The molecule has 1 saturated heterocycles. The van der Waals surface area contributed by atoms with Gasteiger partial charge in [0.05, 0.1) is 33.2 Å². The summed E-state index contributed by atoms with van der Waals surface area (Å²) in [5.74, 6) is 2.37. The molecule has 1 aliphatic heterocycles. The maximum Gasteiger partial charge on any atom is 0.233 e. The second-order valence-corrected chi connectivity index (χ2v) is 7.03. The van der Waals surface area contributed by atoms with Crippen molar-refractivity contribution in [1.82, 2.24) is 19.7 Å². The van der Waals surface area contributed by atoms with E-state index in [2.05, 4.69) is 16.8 Å². The van der Waals surface area contributed by atoms with Crippen molar-refractivity contribution in [2.24, 2.45) is 0 Å². The highest BCUT2D eigenvalue weighted by Crippen LogP contribution is 2.31. The fourth-order valence-electron chi connectivity index (χ4n) is 2.87. The zero-order chi connectivity index (χ0) is 19.9. The molecule has 0 spiro atoms. The summed E-state index contributed by atoms with van der Waals surface area (Å²) in [6.07, 6.45) is 1.78. The lowest BCUT2D eigenvalue weighted by molar-refractivity contribution is -0.132. The first-order valence-corrected chi connectivity index (χ1v) is 9.90. The molecule has 150 valence electrons. The molecule has 28 heavy (non-hydrogen) atoms. The Hall–Kier alpha value is -2.52. The highest BCUT2D eigenvalue weighted by atomic mass is 32.2. The molecule has 1 aliphatic rings. The van der Waals surface area contributed by atoms with Gasteiger partial charge in [0.25, 0.3) is 0 Å². The molecule has 8 nitrogen and oxygen atoms in total. The van der Waals surface area contributed by atoms with Gasteiger partial charge in [-0.1, -0.05) is 17.8 Å². The summed E-state index contributed by atoms with van der Waals surface area (Å²) in [7, 11) is 3.21. The van der Waals surface area contributed by atoms with E-state index >= 15 is 0 Å². The van der Waals surface area contributed by atoms with Gasteiger partial charge >= 0.3 is 0 Å². The summed E-state index contributed by atoms with van der Waals surface area (Å²) >= 11 is 1.37. The largest absolute Gasteiger partial charge is 0.497 e. The van der Waals surface area contributed by atoms with Gasteiger partial charge in [-0.3, -0.25) is 9.36 Å². The number of rotatable bonds is 8. The summed E-state index contributed by atoms with van der Waals surface area (Å²) in [6, 6.07) is 5.55. The quantitative estimate of drug-likeness (QED) is 0.492. The fourth-order valence-corrected chi connectivity index (χ4v) is 3.72. The molecule has 2 heterocycles. The summed E-state index contributed by atoms with van der Waals surface area (Å²) in [5, 5.41) is 9.29. The average Bonchev–Trinajstić information content (AvgIpc) is 3.15. The number of hydrogen-bond donors (Lipinski definition) is 0. The normalized spacial score (nSPS) is 14.0. The highest BCUT2D eigenvalue weighted by molar-refractivity contribution is 7.99. The van der Waals surface area contributed by atoms with Crippen molar-refractivity contribution in [3.63, 3.8) is 0 Å². The number of methoxy groups -OCH3 is 2. The number of thioether (sulfide) groups is 1. The van der Waals surface area contributed by atoms with Crippen LogP contribution >= 0.6 is 11.8 Å². The van der Waals surface area contributed by atoms with Crippen LogP contribution in [0.15, 0.2) is 36.0 Å². The Labute approximate surface area is 168 Å². The number of morpholine rings is 1. The average molecular weight is 404 g/mol. The predicted molar refractivity (Wildman–Crippen MR) is 107 cm³/mol. The number of carbonyl (C=O) groups excluding carboxylic acids is 1. The van der Waals surface area contributed by atoms with Gasteiger partial charge < -0.3 is 19.1 Å². The van der Waals surface area contributed by atoms with Crippen molar-refractivity contribution in [1.29, 1.82) is 0 Å². The molecular formula is C19H24N4O4S. The minimum atomic E-state index is 0.0750. The molecule has 1 aromatic heterocycles. The van der Waals surface area contributed by atoms with E-state index in [9.17, 15) is 4.79 Å². The summed E-state index contributed by atoms with van der Waals surface area (Å²) in [5.41, 5.74) is 0.817. The smallest absolute Gasteiger partial charge is 0.233 e. The van der Waals surface area contributed by atoms with E-state index in [0.717, 1.165) is 5.56 Å². The van der Waals surface area contributed by atoms with Crippen LogP contribution in [0.3, 0.4) is 0 Å². The SMILES string of the molecule is C=CCn1c(SCC(=O)N2CCOCC2)nnc1-c1cc(OC)cc(OC)c1. The monoisotopic (exact) mass is 404 g/mol. The molecule has 0 unspecified atom stereocenters. The molecule has 0 N–H and O–H groups in total. The second kappa shape index (κ2) is 9.61. The molecule has 9 heteroatoms. The number of hydrogen-bond acceptors (Lipinski definition) is 7. The van der Waals surface area contributed by atoms with E-state index in [4.69, 9.17) is 14.2 Å². The summed E-state index contributed by atoms with van der Waals surface area (Å²) in [4.78, 5) is 14.2. The minimum absolute atomic E-state index is 0.0750. The van der Waals surface area contributed by atoms with Gasteiger partial charge in [-0.05, 0) is 12.1 Å². The van der Waals surface area contributed by atoms with Crippen molar-refractivity contribution in [3.8, 4) is 22.9 Å². The molecule has 0 radical (unpaired) electrons. The first-order valence-electron chi connectivity index (χ1n) is 8.92. The molecule has 0 atom stereocenters. The van der Waals surface area contributed by atoms with Gasteiger partial charge in [0.2, 0.25) is 5.91 Å². The molecule has 1 fully saturated rings. The Kier molecular flexibility index (Phi) is 6.94. The zero-order valence-electron chi connectivity index (χ0n) is 16.1. The van der Waals surface area contributed by atoms with Crippen LogP contribution in [-0.2, 0) is 16.1 Å². The van der Waals surface area contributed by atoms with Crippen LogP contribution in [0.4, 0.5) is 0 Å². The van der Waals surface area contributed by atoms with Crippen molar-refractivity contribution in [2.75, 3.05) is 46.3 Å². The fraction of sp³-hybridized carbons (Fsp3) is 0.421. The van der Waals surface area contributed by atoms with E-state index in [1.54, 1.807) is 26.4 Å². The minimum Gasteiger partial charge on any atom is -0.497 e. The summed E-state index contributed by atoms with van der Waals surface area (Å²) < 4.78 is 17.9. The predicted octanol–water partition coefficient (Wildman–Crippen LogP) is 2.10. The molecule has 0 aliphatic carbocycles. The Balaban J connectivity index is 1.81. The van der Waals surface area contributed by atoms with E-state index in [0.29, 0.717) is 61.1 Å². The highest BCUT2D eigenvalue weighted by Gasteiger charge is 2.20. The standard InChI is InChI=1S/C19H24N4O4S/c1-4-5-23-18(14-10-15(25-2)12-16(11-14)26-3)20-21-19(23)28-13-17(24)22-6-8-27-9-7-22/h4,10-12H,1,5-9,13H2,2-3H3. The maximum atomic E-state index is 12.4. The van der Waals surface area contributed by atoms with E-state index in [-0.39, 0.29) is 5.91 Å². The second-order valence-electron chi connectivity index (χ2n) is 6.09. The van der Waals surface area contributed by atoms with Crippen molar-refractivity contribution >= 4 is 17.7 Å². The number of aromatic nitrogens is 3. The zero-order valence-corrected chi connectivity index (χ0v) is 16.9. The van der Waals surface area contributed by atoms with Crippen LogP contribution in [0.2, 0.25) is 0 Å². The first kappa shape index (κ1) is 20.2. The lowest BCUT2D eigenvalue weighted by Gasteiger charge is -2.26. The summed E-state index contributed by atoms with van der Waals surface area (Å²) in [6.45, 7) is 6.79. The third-order valence-corrected chi connectivity index (χ3v) is 5.28. The maximum absolute atomic E-state index is 12.4. The topological polar surface area (TPSA) is 78.7 Å². The van der Waals surface area contributed by atoms with Crippen molar-refractivity contribution in [3.05, 3.63) is 30.9 Å².